The van der Waals surface area contributed by atoms with Crippen LogP contribution in [0.2, 0.25) is 0 Å². The van der Waals surface area contributed by atoms with Crippen LogP contribution < -0.4 is 5.32 Å². The van der Waals surface area contributed by atoms with E-state index in [0.29, 0.717) is 6.61 Å². The molecule has 1 atom stereocenters. The van der Waals surface area contributed by atoms with Crippen molar-refractivity contribution < 1.29 is 17.9 Å². The van der Waals surface area contributed by atoms with Crippen LogP contribution in [0.25, 0.3) is 0 Å². The van der Waals surface area contributed by atoms with Gasteiger partial charge in [0, 0.05) is 13.2 Å². The molecule has 0 spiro atoms. The number of halogens is 3. The highest BCUT2D eigenvalue weighted by Gasteiger charge is 2.26. The van der Waals surface area contributed by atoms with Gasteiger partial charge in [-0.1, -0.05) is 13.3 Å². The van der Waals surface area contributed by atoms with Crippen LogP contribution in [0.15, 0.2) is 0 Å². The Morgan fingerprint density at radius 3 is 2.50 bits per heavy atom. The third-order valence-corrected chi connectivity index (χ3v) is 1.66. The molecule has 0 aliphatic heterocycles. The summed E-state index contributed by atoms with van der Waals surface area (Å²) in [5.41, 5.74) is 0. The monoisotopic (exact) mass is 213 g/mol. The minimum absolute atomic E-state index is 0.163. The molecule has 5 heteroatoms. The molecule has 0 aromatic heterocycles. The zero-order valence-corrected chi connectivity index (χ0v) is 8.66. The normalized spacial score (nSPS) is 14.4. The van der Waals surface area contributed by atoms with Crippen LogP contribution >= 0.6 is 0 Å². The number of rotatable bonds is 7. The van der Waals surface area contributed by atoms with E-state index in [1.54, 1.807) is 6.92 Å². The summed E-state index contributed by atoms with van der Waals surface area (Å²) in [6.07, 6.45) is -2.32. The van der Waals surface area contributed by atoms with Crippen LogP contribution in [-0.4, -0.2) is 32.0 Å². The summed E-state index contributed by atoms with van der Waals surface area (Å²) in [6, 6.07) is 0. The summed E-state index contributed by atoms with van der Waals surface area (Å²) in [5, 5.41) is 2.30. The fourth-order valence-electron chi connectivity index (χ4n) is 0.905. The Kier molecular flexibility index (Phi) is 6.92. The molecule has 1 unspecified atom stereocenters. The van der Waals surface area contributed by atoms with Gasteiger partial charge in [-0.2, -0.15) is 13.2 Å². The van der Waals surface area contributed by atoms with Gasteiger partial charge in [-0.25, -0.2) is 0 Å². The molecule has 14 heavy (non-hydrogen) atoms. The van der Waals surface area contributed by atoms with Crippen LogP contribution in [-0.2, 0) is 4.74 Å². The number of hydrogen-bond donors (Lipinski definition) is 1. The molecule has 0 aromatic carbocycles. The maximum absolute atomic E-state index is 11.7. The lowest BCUT2D eigenvalue weighted by molar-refractivity contribution is -0.125. The van der Waals surface area contributed by atoms with Crippen molar-refractivity contribution in [3.63, 3.8) is 0 Å². The largest absolute Gasteiger partial charge is 0.401 e. The molecule has 2 nitrogen and oxygen atoms in total. The van der Waals surface area contributed by atoms with Crippen LogP contribution in [0.1, 0.15) is 26.7 Å². The van der Waals surface area contributed by atoms with Gasteiger partial charge in [0.2, 0.25) is 0 Å². The van der Waals surface area contributed by atoms with Gasteiger partial charge in [0.05, 0.1) is 12.6 Å². The van der Waals surface area contributed by atoms with E-state index in [1.807, 2.05) is 6.92 Å². The fraction of sp³-hybridized carbons (Fsp3) is 1.00. The van der Waals surface area contributed by atoms with Crippen molar-refractivity contribution in [2.24, 2.45) is 0 Å². The molecule has 0 bridgehead atoms. The van der Waals surface area contributed by atoms with Gasteiger partial charge in [0.1, 0.15) is 0 Å². The smallest absolute Gasteiger partial charge is 0.377 e. The van der Waals surface area contributed by atoms with E-state index >= 15 is 0 Å². The molecule has 0 aromatic rings. The van der Waals surface area contributed by atoms with Gasteiger partial charge >= 0.3 is 6.18 Å². The van der Waals surface area contributed by atoms with E-state index in [2.05, 4.69) is 5.32 Å². The number of unbranched alkanes of at least 4 members (excludes halogenated alkanes) is 1. The lowest BCUT2D eigenvalue weighted by atomic mass is 10.3. The molecule has 0 fully saturated rings. The first-order valence-corrected chi connectivity index (χ1v) is 4.84. The summed E-state index contributed by atoms with van der Waals surface area (Å²) in [4.78, 5) is 0. The van der Waals surface area contributed by atoms with Crippen molar-refractivity contribution in [3.05, 3.63) is 0 Å². The standard InChI is InChI=1S/C9H18F3NO/c1-3-4-5-14-8(2)6-13-7-9(10,11)12/h8,13H,3-7H2,1-2H3. The predicted octanol–water partition coefficient (Wildman–Crippen LogP) is 2.34. The third-order valence-electron chi connectivity index (χ3n) is 1.66. The van der Waals surface area contributed by atoms with Crippen LogP contribution in [0.4, 0.5) is 13.2 Å². The van der Waals surface area contributed by atoms with Crippen LogP contribution in [0, 0.1) is 0 Å². The first-order chi connectivity index (χ1) is 6.45. The van der Waals surface area contributed by atoms with Gasteiger partial charge in [-0.05, 0) is 13.3 Å². The zero-order chi connectivity index (χ0) is 11.0. The maximum atomic E-state index is 11.7. The molecule has 86 valence electrons. The molecule has 0 amide bonds. The number of hydrogen-bond acceptors (Lipinski definition) is 2. The van der Waals surface area contributed by atoms with Gasteiger partial charge in [0.15, 0.2) is 0 Å². The Morgan fingerprint density at radius 1 is 1.36 bits per heavy atom. The van der Waals surface area contributed by atoms with E-state index in [0.717, 1.165) is 12.8 Å². The Balaban J connectivity index is 3.31. The number of alkyl halides is 3. The first-order valence-electron chi connectivity index (χ1n) is 4.84. The Morgan fingerprint density at radius 2 is 2.00 bits per heavy atom. The molecule has 0 saturated carbocycles. The molecular weight excluding hydrogens is 195 g/mol. The van der Waals surface area contributed by atoms with Crippen molar-refractivity contribution in [2.75, 3.05) is 19.7 Å². The molecular formula is C9H18F3NO. The maximum Gasteiger partial charge on any atom is 0.401 e. The molecule has 0 aliphatic rings. The predicted molar refractivity (Wildman–Crippen MR) is 49.2 cm³/mol. The second-order valence-electron chi connectivity index (χ2n) is 3.28. The average molecular weight is 213 g/mol. The highest BCUT2D eigenvalue weighted by molar-refractivity contribution is 4.59. The number of ether oxygens (including phenoxy) is 1. The van der Waals surface area contributed by atoms with Gasteiger partial charge in [0.25, 0.3) is 0 Å². The van der Waals surface area contributed by atoms with E-state index in [-0.39, 0.29) is 12.6 Å². The highest BCUT2D eigenvalue weighted by Crippen LogP contribution is 2.12. The van der Waals surface area contributed by atoms with Gasteiger partial charge in [-0.15, -0.1) is 0 Å². The van der Waals surface area contributed by atoms with Crippen molar-refractivity contribution in [1.29, 1.82) is 0 Å². The minimum atomic E-state index is -4.14. The fourth-order valence-corrected chi connectivity index (χ4v) is 0.905. The topological polar surface area (TPSA) is 21.3 Å². The van der Waals surface area contributed by atoms with Crippen molar-refractivity contribution in [1.82, 2.24) is 5.32 Å². The molecule has 0 radical (unpaired) electrons. The van der Waals surface area contributed by atoms with Gasteiger partial charge in [-0.3, -0.25) is 0 Å². The summed E-state index contributed by atoms with van der Waals surface area (Å²) < 4.78 is 40.4. The highest BCUT2D eigenvalue weighted by atomic mass is 19.4. The average Bonchev–Trinajstić information content (AvgIpc) is 2.02. The quantitative estimate of drug-likeness (QED) is 0.655. The summed E-state index contributed by atoms with van der Waals surface area (Å²) >= 11 is 0. The zero-order valence-electron chi connectivity index (χ0n) is 8.66. The van der Waals surface area contributed by atoms with Gasteiger partial charge < -0.3 is 10.1 Å². The van der Waals surface area contributed by atoms with E-state index < -0.39 is 12.7 Å². The Hall–Kier alpha value is -0.290. The van der Waals surface area contributed by atoms with Crippen LogP contribution in [0.3, 0.4) is 0 Å². The molecule has 0 saturated heterocycles. The molecule has 1 N–H and O–H groups in total. The molecule has 0 rings (SSSR count). The number of nitrogens with one attached hydrogen (secondary N) is 1. The first kappa shape index (κ1) is 13.7. The molecule has 0 heterocycles. The van der Waals surface area contributed by atoms with E-state index in [4.69, 9.17) is 4.74 Å². The second-order valence-corrected chi connectivity index (χ2v) is 3.28. The van der Waals surface area contributed by atoms with E-state index in [9.17, 15) is 13.2 Å². The van der Waals surface area contributed by atoms with E-state index in [1.165, 1.54) is 0 Å². The lowest BCUT2D eigenvalue weighted by Crippen LogP contribution is -2.34. The SMILES string of the molecule is CCCCOC(C)CNCC(F)(F)F. The summed E-state index contributed by atoms with van der Waals surface area (Å²) in [5.74, 6) is 0. The summed E-state index contributed by atoms with van der Waals surface area (Å²) in [6.45, 7) is 3.71. The van der Waals surface area contributed by atoms with Crippen molar-refractivity contribution >= 4 is 0 Å². The van der Waals surface area contributed by atoms with Crippen molar-refractivity contribution in [2.45, 2.75) is 39.0 Å². The summed E-state index contributed by atoms with van der Waals surface area (Å²) in [7, 11) is 0. The lowest BCUT2D eigenvalue weighted by Gasteiger charge is -2.14. The Bertz CT molecular complexity index is 139. The minimum Gasteiger partial charge on any atom is -0.377 e. The Labute approximate surface area is 82.8 Å². The second kappa shape index (κ2) is 7.06. The third kappa shape index (κ3) is 9.80. The van der Waals surface area contributed by atoms with Crippen LogP contribution in [0.5, 0.6) is 0 Å². The molecule has 0 aliphatic carbocycles. The van der Waals surface area contributed by atoms with Crippen molar-refractivity contribution in [3.8, 4) is 0 Å².